The second kappa shape index (κ2) is 8.07. The lowest BCUT2D eigenvalue weighted by atomic mass is 9.48. The third kappa shape index (κ3) is 4.00. The fourth-order valence-electron chi connectivity index (χ4n) is 6.53. The molecule has 5 fully saturated rings. The molecule has 5 heteroatoms. The summed E-state index contributed by atoms with van der Waals surface area (Å²) in [5, 5.41) is 0. The van der Waals surface area contributed by atoms with Gasteiger partial charge in [-0.1, -0.05) is 12.1 Å². The molecule has 0 unspecified atom stereocenters. The standard InChI is InChI=1S/C24H30O4S/c25-22(24-11-16-8-17(12-24)10-18(9-16)13-24)14-28-23(26)20-5-1-2-6-21(20)29-15-19-4-3-7-27-19/h1-2,5-6,16-19H,3-4,7-15H2/t16?,17?,18?,19-,24?/m1/s1. The summed E-state index contributed by atoms with van der Waals surface area (Å²) in [6.07, 6.45) is 9.43. The number of thioether (sulfide) groups is 1. The van der Waals surface area contributed by atoms with Crippen molar-refractivity contribution in [3.05, 3.63) is 29.8 Å². The van der Waals surface area contributed by atoms with Gasteiger partial charge in [0.1, 0.15) is 0 Å². The zero-order valence-corrected chi connectivity index (χ0v) is 17.8. The molecular weight excluding hydrogens is 384 g/mol. The minimum Gasteiger partial charge on any atom is -0.454 e. The van der Waals surface area contributed by atoms with Crippen LogP contribution in [0.15, 0.2) is 29.2 Å². The molecule has 0 radical (unpaired) electrons. The van der Waals surface area contributed by atoms with Crippen LogP contribution in [0.3, 0.4) is 0 Å². The number of Topliss-reactive ketones (excluding diaryl/α,β-unsaturated/α-hetero) is 1. The zero-order chi connectivity index (χ0) is 19.8. The summed E-state index contributed by atoms with van der Waals surface area (Å²) in [7, 11) is 0. The Labute approximate surface area is 177 Å². The van der Waals surface area contributed by atoms with Gasteiger partial charge in [-0.25, -0.2) is 4.79 Å². The van der Waals surface area contributed by atoms with Gasteiger partial charge in [0.2, 0.25) is 0 Å². The summed E-state index contributed by atoms with van der Waals surface area (Å²) in [5.74, 6) is 2.78. The van der Waals surface area contributed by atoms with Crippen LogP contribution < -0.4 is 0 Å². The minimum absolute atomic E-state index is 0.0737. The number of benzene rings is 1. The molecule has 5 aliphatic rings. The van der Waals surface area contributed by atoms with Crippen molar-refractivity contribution >= 4 is 23.5 Å². The Kier molecular flexibility index (Phi) is 5.46. The number of hydrogen-bond donors (Lipinski definition) is 0. The van der Waals surface area contributed by atoms with Crippen molar-refractivity contribution in [2.45, 2.75) is 62.4 Å². The molecule has 1 atom stereocenters. The molecule has 4 aliphatic carbocycles. The first-order valence-corrected chi connectivity index (χ1v) is 12.1. The highest BCUT2D eigenvalue weighted by Gasteiger charge is 2.54. The molecule has 4 saturated carbocycles. The number of carbonyl (C=O) groups is 2. The Hall–Kier alpha value is -1.33. The van der Waals surface area contributed by atoms with E-state index in [0.29, 0.717) is 5.56 Å². The van der Waals surface area contributed by atoms with Crippen molar-refractivity contribution in [3.63, 3.8) is 0 Å². The summed E-state index contributed by atoms with van der Waals surface area (Å²) in [4.78, 5) is 26.8. The second-order valence-corrected chi connectivity index (χ2v) is 10.7. The van der Waals surface area contributed by atoms with E-state index in [4.69, 9.17) is 9.47 Å². The third-order valence-corrected chi connectivity index (χ3v) is 8.73. The van der Waals surface area contributed by atoms with Crippen LogP contribution in [-0.4, -0.2) is 36.8 Å². The van der Waals surface area contributed by atoms with Crippen LogP contribution in [-0.2, 0) is 14.3 Å². The van der Waals surface area contributed by atoms with Gasteiger partial charge in [-0.3, -0.25) is 4.79 Å². The highest BCUT2D eigenvalue weighted by Crippen LogP contribution is 2.60. The summed E-state index contributed by atoms with van der Waals surface area (Å²) >= 11 is 1.64. The van der Waals surface area contributed by atoms with Crippen molar-refractivity contribution < 1.29 is 19.1 Å². The van der Waals surface area contributed by atoms with E-state index in [0.717, 1.165) is 67.1 Å². The first-order valence-electron chi connectivity index (χ1n) is 11.2. The van der Waals surface area contributed by atoms with Crippen LogP contribution in [0.2, 0.25) is 0 Å². The van der Waals surface area contributed by atoms with Gasteiger partial charge in [-0.15, -0.1) is 11.8 Å². The SMILES string of the molecule is O=C(OCC(=O)C12CC3CC(CC(C3)C1)C2)c1ccccc1SC[C@H]1CCCO1. The van der Waals surface area contributed by atoms with E-state index in [9.17, 15) is 9.59 Å². The van der Waals surface area contributed by atoms with Crippen LogP contribution in [0, 0.1) is 23.2 Å². The largest absolute Gasteiger partial charge is 0.454 e. The van der Waals surface area contributed by atoms with Crippen LogP contribution in [0.5, 0.6) is 0 Å². The predicted octanol–water partition coefficient (Wildman–Crippen LogP) is 4.90. The summed E-state index contributed by atoms with van der Waals surface area (Å²) in [6, 6.07) is 7.55. The Morgan fingerprint density at radius 2 is 1.76 bits per heavy atom. The number of rotatable bonds is 7. The highest BCUT2D eigenvalue weighted by atomic mass is 32.2. The van der Waals surface area contributed by atoms with Crippen LogP contribution in [0.25, 0.3) is 0 Å². The Morgan fingerprint density at radius 1 is 1.07 bits per heavy atom. The smallest absolute Gasteiger partial charge is 0.339 e. The number of ether oxygens (including phenoxy) is 2. The first-order chi connectivity index (χ1) is 14.1. The van der Waals surface area contributed by atoms with E-state index in [1.165, 1.54) is 19.3 Å². The van der Waals surface area contributed by atoms with Crippen molar-refractivity contribution in [1.29, 1.82) is 0 Å². The van der Waals surface area contributed by atoms with Crippen molar-refractivity contribution in [2.24, 2.45) is 23.2 Å². The zero-order valence-electron chi connectivity index (χ0n) is 16.9. The van der Waals surface area contributed by atoms with Gasteiger partial charge in [-0.05, 0) is 81.3 Å². The summed E-state index contributed by atoms with van der Waals surface area (Å²) < 4.78 is 11.2. The molecule has 4 bridgehead atoms. The number of carbonyl (C=O) groups excluding carboxylic acids is 2. The van der Waals surface area contributed by atoms with Crippen LogP contribution in [0.1, 0.15) is 61.7 Å². The summed E-state index contributed by atoms with van der Waals surface area (Å²) in [6.45, 7) is 0.761. The van der Waals surface area contributed by atoms with Gasteiger partial charge in [0.05, 0.1) is 11.7 Å². The lowest BCUT2D eigenvalue weighted by Gasteiger charge is -2.55. The molecule has 1 heterocycles. The Balaban J connectivity index is 1.20. The van der Waals surface area contributed by atoms with Crippen molar-refractivity contribution in [2.75, 3.05) is 19.0 Å². The Morgan fingerprint density at radius 3 is 2.41 bits per heavy atom. The molecule has 1 aromatic carbocycles. The molecule has 156 valence electrons. The molecule has 0 N–H and O–H groups in total. The van der Waals surface area contributed by atoms with E-state index in [1.54, 1.807) is 17.8 Å². The van der Waals surface area contributed by atoms with E-state index >= 15 is 0 Å². The molecule has 1 saturated heterocycles. The summed E-state index contributed by atoms with van der Waals surface area (Å²) in [5.41, 5.74) is 0.358. The number of ketones is 1. The van der Waals surface area contributed by atoms with E-state index in [-0.39, 0.29) is 29.9 Å². The fourth-order valence-corrected chi connectivity index (χ4v) is 7.64. The van der Waals surface area contributed by atoms with Crippen molar-refractivity contribution in [3.8, 4) is 0 Å². The normalized spacial score (nSPS) is 35.0. The molecule has 29 heavy (non-hydrogen) atoms. The first kappa shape index (κ1) is 19.6. The van der Waals surface area contributed by atoms with E-state index in [2.05, 4.69) is 0 Å². The molecule has 6 rings (SSSR count). The lowest BCUT2D eigenvalue weighted by Crippen LogP contribution is -2.51. The molecule has 0 amide bonds. The lowest BCUT2D eigenvalue weighted by molar-refractivity contribution is -0.147. The average molecular weight is 415 g/mol. The fraction of sp³-hybridized carbons (Fsp3) is 0.667. The molecule has 1 aromatic rings. The monoisotopic (exact) mass is 414 g/mol. The molecule has 0 spiro atoms. The van der Waals surface area contributed by atoms with Gasteiger partial charge in [0.15, 0.2) is 12.4 Å². The predicted molar refractivity (Wildman–Crippen MR) is 112 cm³/mol. The Bertz CT molecular complexity index is 748. The molecule has 0 aromatic heterocycles. The maximum atomic E-state index is 13.1. The van der Waals surface area contributed by atoms with Crippen LogP contribution >= 0.6 is 11.8 Å². The quantitative estimate of drug-likeness (QED) is 0.469. The average Bonchev–Trinajstić information content (AvgIpc) is 3.23. The number of hydrogen-bond acceptors (Lipinski definition) is 5. The van der Waals surface area contributed by atoms with Gasteiger partial charge >= 0.3 is 5.97 Å². The second-order valence-electron chi connectivity index (χ2n) is 9.64. The maximum Gasteiger partial charge on any atom is 0.339 e. The molecular formula is C24H30O4S. The number of esters is 1. The van der Waals surface area contributed by atoms with Gasteiger partial charge in [0, 0.05) is 22.7 Å². The van der Waals surface area contributed by atoms with Crippen molar-refractivity contribution in [1.82, 2.24) is 0 Å². The topological polar surface area (TPSA) is 52.6 Å². The third-order valence-electron chi connectivity index (χ3n) is 7.52. The highest BCUT2D eigenvalue weighted by molar-refractivity contribution is 7.99. The minimum atomic E-state index is -0.376. The molecule has 4 nitrogen and oxygen atoms in total. The molecule has 1 aliphatic heterocycles. The van der Waals surface area contributed by atoms with Crippen LogP contribution in [0.4, 0.5) is 0 Å². The van der Waals surface area contributed by atoms with Gasteiger partial charge in [-0.2, -0.15) is 0 Å². The van der Waals surface area contributed by atoms with E-state index in [1.807, 2.05) is 18.2 Å². The van der Waals surface area contributed by atoms with E-state index < -0.39 is 0 Å². The van der Waals surface area contributed by atoms with Gasteiger partial charge < -0.3 is 9.47 Å². The van der Waals surface area contributed by atoms with Gasteiger partial charge in [0.25, 0.3) is 0 Å². The maximum absolute atomic E-state index is 13.1.